The summed E-state index contributed by atoms with van der Waals surface area (Å²) in [7, 11) is 0. The van der Waals surface area contributed by atoms with E-state index in [0.717, 1.165) is 18.5 Å². The number of benzene rings is 1. The van der Waals surface area contributed by atoms with Gasteiger partial charge in [0.05, 0.1) is 11.4 Å². The van der Waals surface area contributed by atoms with Crippen LogP contribution in [-0.4, -0.2) is 9.38 Å². The first-order valence-corrected chi connectivity index (χ1v) is 6.89. The molecule has 0 unspecified atom stereocenters. The van der Waals surface area contributed by atoms with Crippen molar-refractivity contribution in [2.45, 2.75) is 26.2 Å². The van der Waals surface area contributed by atoms with Gasteiger partial charge < -0.3 is 4.40 Å². The zero-order valence-electron chi connectivity index (χ0n) is 11.1. The molecule has 4 rings (SSSR count). The van der Waals surface area contributed by atoms with Crippen molar-refractivity contribution < 1.29 is 0 Å². The van der Waals surface area contributed by atoms with Crippen molar-refractivity contribution >= 4 is 5.65 Å². The second-order valence-electron chi connectivity index (χ2n) is 5.35. The highest BCUT2D eigenvalue weighted by atomic mass is 15.0. The largest absolute Gasteiger partial charge is 0.303 e. The average Bonchev–Trinajstić information content (AvgIpc) is 2.67. The fraction of sp³-hybridized carbons (Fsp3) is 0.235. The van der Waals surface area contributed by atoms with Crippen LogP contribution < -0.4 is 0 Å². The Kier molecular flexibility index (Phi) is 2.25. The van der Waals surface area contributed by atoms with E-state index in [9.17, 15) is 0 Å². The van der Waals surface area contributed by atoms with Crippen LogP contribution in [0.25, 0.3) is 16.9 Å². The lowest BCUT2D eigenvalue weighted by molar-refractivity contribution is 0.804. The van der Waals surface area contributed by atoms with Crippen LogP contribution >= 0.6 is 0 Å². The molecule has 0 bridgehead atoms. The van der Waals surface area contributed by atoms with Crippen LogP contribution in [0.1, 0.15) is 23.2 Å². The third-order valence-corrected chi connectivity index (χ3v) is 4.00. The molecule has 94 valence electrons. The van der Waals surface area contributed by atoms with E-state index in [4.69, 9.17) is 4.98 Å². The highest BCUT2D eigenvalue weighted by Crippen LogP contribution is 2.32. The zero-order chi connectivity index (χ0) is 12.8. The molecule has 2 heterocycles. The van der Waals surface area contributed by atoms with E-state index in [1.165, 1.54) is 34.5 Å². The first kappa shape index (κ1) is 10.8. The van der Waals surface area contributed by atoms with Crippen molar-refractivity contribution in [1.29, 1.82) is 0 Å². The Morgan fingerprint density at radius 1 is 1.05 bits per heavy atom. The predicted molar refractivity (Wildman–Crippen MR) is 77.4 cm³/mol. The minimum Gasteiger partial charge on any atom is -0.303 e. The summed E-state index contributed by atoms with van der Waals surface area (Å²) < 4.78 is 2.27. The lowest BCUT2D eigenvalue weighted by atomic mass is 10.0. The number of hydrogen-bond donors (Lipinski definition) is 0. The summed E-state index contributed by atoms with van der Waals surface area (Å²) in [6.45, 7) is 2.14. The minimum atomic E-state index is 1.06. The van der Waals surface area contributed by atoms with Crippen molar-refractivity contribution in [2.24, 2.45) is 0 Å². The van der Waals surface area contributed by atoms with Crippen molar-refractivity contribution in [1.82, 2.24) is 9.38 Å². The monoisotopic (exact) mass is 248 g/mol. The summed E-state index contributed by atoms with van der Waals surface area (Å²) in [4.78, 5) is 4.86. The maximum atomic E-state index is 4.86. The summed E-state index contributed by atoms with van der Waals surface area (Å²) in [5, 5.41) is 0. The first-order valence-electron chi connectivity index (χ1n) is 6.89. The van der Waals surface area contributed by atoms with E-state index < -0.39 is 0 Å². The van der Waals surface area contributed by atoms with Crippen LogP contribution in [-0.2, 0) is 12.8 Å². The van der Waals surface area contributed by atoms with Gasteiger partial charge in [-0.25, -0.2) is 4.98 Å². The molecule has 0 aliphatic heterocycles. The highest BCUT2D eigenvalue weighted by molar-refractivity contribution is 5.70. The van der Waals surface area contributed by atoms with E-state index >= 15 is 0 Å². The van der Waals surface area contributed by atoms with Gasteiger partial charge in [0.2, 0.25) is 0 Å². The molecule has 2 aromatic heterocycles. The Labute approximate surface area is 112 Å². The van der Waals surface area contributed by atoms with Crippen LogP contribution in [0.5, 0.6) is 0 Å². The second-order valence-corrected chi connectivity index (χ2v) is 5.35. The molecular formula is C17H16N2. The molecule has 3 aromatic rings. The van der Waals surface area contributed by atoms with Gasteiger partial charge in [-0.2, -0.15) is 0 Å². The number of aromatic nitrogens is 2. The van der Waals surface area contributed by atoms with Crippen LogP contribution in [0.2, 0.25) is 0 Å². The van der Waals surface area contributed by atoms with Crippen LogP contribution in [0, 0.1) is 6.92 Å². The van der Waals surface area contributed by atoms with Crippen LogP contribution in [0.15, 0.2) is 42.6 Å². The van der Waals surface area contributed by atoms with Gasteiger partial charge in [-0.1, -0.05) is 30.3 Å². The Balaban J connectivity index is 2.08. The normalized spacial score (nSPS) is 13.9. The summed E-state index contributed by atoms with van der Waals surface area (Å²) in [5.74, 6) is 0. The van der Waals surface area contributed by atoms with Gasteiger partial charge in [-0.05, 0) is 43.4 Å². The molecule has 0 saturated carbocycles. The van der Waals surface area contributed by atoms with E-state index in [2.05, 4.69) is 53.9 Å². The molecule has 0 radical (unpaired) electrons. The topological polar surface area (TPSA) is 17.3 Å². The molecule has 2 nitrogen and oxygen atoms in total. The van der Waals surface area contributed by atoms with Gasteiger partial charge in [0, 0.05) is 11.8 Å². The van der Waals surface area contributed by atoms with E-state index in [-0.39, 0.29) is 0 Å². The maximum absolute atomic E-state index is 4.86. The van der Waals surface area contributed by atoms with Gasteiger partial charge in [0.1, 0.15) is 5.65 Å². The SMILES string of the molecule is Cc1ccc2nc3c(n2c1)CCCc1ccccc1-3. The number of aryl methyl sites for hydroxylation is 3. The van der Waals surface area contributed by atoms with Gasteiger partial charge in [0.15, 0.2) is 0 Å². The molecular weight excluding hydrogens is 232 g/mol. The van der Waals surface area contributed by atoms with E-state index in [1.807, 2.05) is 0 Å². The Morgan fingerprint density at radius 3 is 2.89 bits per heavy atom. The van der Waals surface area contributed by atoms with Crippen LogP contribution in [0.4, 0.5) is 0 Å². The second kappa shape index (κ2) is 3.95. The van der Waals surface area contributed by atoms with Crippen molar-refractivity contribution in [3.05, 3.63) is 59.4 Å². The number of rotatable bonds is 0. The zero-order valence-corrected chi connectivity index (χ0v) is 11.1. The number of pyridine rings is 1. The molecule has 2 heteroatoms. The molecule has 0 atom stereocenters. The summed E-state index contributed by atoms with van der Waals surface area (Å²) >= 11 is 0. The number of imidazole rings is 1. The Morgan fingerprint density at radius 2 is 1.95 bits per heavy atom. The number of nitrogens with zero attached hydrogens (tertiary/aromatic N) is 2. The Hall–Kier alpha value is -2.09. The standard InChI is InChI=1S/C17H16N2/c1-12-9-10-16-18-17-14-7-3-2-5-13(14)6-4-8-15(17)19(16)11-12/h2-3,5,7,9-11H,4,6,8H2,1H3. The third kappa shape index (κ3) is 1.60. The number of hydrogen-bond acceptors (Lipinski definition) is 1. The maximum Gasteiger partial charge on any atom is 0.137 e. The van der Waals surface area contributed by atoms with Crippen LogP contribution in [0.3, 0.4) is 0 Å². The van der Waals surface area contributed by atoms with E-state index in [1.54, 1.807) is 0 Å². The molecule has 1 aliphatic carbocycles. The van der Waals surface area contributed by atoms with Gasteiger partial charge >= 0.3 is 0 Å². The van der Waals surface area contributed by atoms with Crippen molar-refractivity contribution in [2.75, 3.05) is 0 Å². The Bertz CT molecular complexity index is 768. The molecule has 0 saturated heterocycles. The quantitative estimate of drug-likeness (QED) is 0.591. The van der Waals surface area contributed by atoms with Gasteiger partial charge in [-0.15, -0.1) is 0 Å². The molecule has 0 amide bonds. The molecule has 1 aliphatic rings. The number of fused-ring (bicyclic) bond motifs is 5. The summed E-state index contributed by atoms with van der Waals surface area (Å²) in [6.07, 6.45) is 5.66. The van der Waals surface area contributed by atoms with Crippen molar-refractivity contribution in [3.8, 4) is 11.3 Å². The fourth-order valence-corrected chi connectivity index (χ4v) is 3.07. The minimum absolute atomic E-state index is 1.06. The average molecular weight is 248 g/mol. The smallest absolute Gasteiger partial charge is 0.137 e. The van der Waals surface area contributed by atoms with Crippen molar-refractivity contribution in [3.63, 3.8) is 0 Å². The molecule has 0 fully saturated rings. The first-order chi connectivity index (χ1) is 9.33. The lowest BCUT2D eigenvalue weighted by Crippen LogP contribution is -1.94. The highest BCUT2D eigenvalue weighted by Gasteiger charge is 2.19. The third-order valence-electron chi connectivity index (χ3n) is 4.00. The summed E-state index contributed by atoms with van der Waals surface area (Å²) in [6, 6.07) is 12.9. The van der Waals surface area contributed by atoms with Gasteiger partial charge in [-0.3, -0.25) is 0 Å². The fourth-order valence-electron chi connectivity index (χ4n) is 3.07. The van der Waals surface area contributed by atoms with Gasteiger partial charge in [0.25, 0.3) is 0 Å². The lowest BCUT2D eigenvalue weighted by Gasteiger charge is -2.03. The molecule has 1 aromatic carbocycles. The molecule has 19 heavy (non-hydrogen) atoms. The predicted octanol–water partition coefficient (Wildman–Crippen LogP) is 3.80. The molecule has 0 spiro atoms. The summed E-state index contributed by atoms with van der Waals surface area (Å²) in [5.41, 5.74) is 7.64. The molecule has 0 N–H and O–H groups in total. The van der Waals surface area contributed by atoms with E-state index in [0.29, 0.717) is 0 Å².